The minimum absolute atomic E-state index is 0.0191. The van der Waals surface area contributed by atoms with Gasteiger partial charge in [-0.3, -0.25) is 4.79 Å². The van der Waals surface area contributed by atoms with Gasteiger partial charge in [-0.15, -0.1) is 0 Å². The average molecular weight is 371 g/mol. The fraction of sp³-hybridized carbons (Fsp3) is 0.316. The lowest BCUT2D eigenvalue weighted by Gasteiger charge is -2.35. The molecule has 134 valence electrons. The molecule has 0 saturated carbocycles. The molecule has 1 saturated heterocycles. The Hall–Kier alpha value is -2.44. The summed E-state index contributed by atoms with van der Waals surface area (Å²) in [5, 5.41) is 8.09. The second kappa shape index (κ2) is 7.05. The zero-order chi connectivity index (χ0) is 18.1. The van der Waals surface area contributed by atoms with Crippen LogP contribution in [-0.4, -0.2) is 26.5 Å². The fourth-order valence-electron chi connectivity index (χ4n) is 3.49. The van der Waals surface area contributed by atoms with Gasteiger partial charge in [-0.1, -0.05) is 23.7 Å². The lowest BCUT2D eigenvalue weighted by molar-refractivity contribution is -0.122. The van der Waals surface area contributed by atoms with Crippen LogP contribution in [0.1, 0.15) is 43.1 Å². The normalized spacial score (nSPS) is 23.1. The summed E-state index contributed by atoms with van der Waals surface area (Å²) < 4.78 is 8.12. The molecule has 0 spiro atoms. The van der Waals surface area contributed by atoms with Crippen LogP contribution >= 0.6 is 11.6 Å². The first-order valence-electron chi connectivity index (χ1n) is 8.56. The Morgan fingerprint density at radius 1 is 1.27 bits per heavy atom. The molecular formula is C19H19ClN4O2. The third-order valence-electron chi connectivity index (χ3n) is 4.63. The van der Waals surface area contributed by atoms with Gasteiger partial charge in [0, 0.05) is 35.9 Å². The maximum absolute atomic E-state index is 11.6. The smallest absolute Gasteiger partial charge is 0.217 e. The largest absolute Gasteiger partial charge is 0.365 e. The number of carbonyl (C=O) groups is 1. The molecule has 0 unspecified atom stereocenters. The molecule has 1 aromatic carbocycles. The van der Waals surface area contributed by atoms with E-state index in [2.05, 4.69) is 15.4 Å². The zero-order valence-corrected chi connectivity index (χ0v) is 15.1. The van der Waals surface area contributed by atoms with Gasteiger partial charge >= 0.3 is 0 Å². The van der Waals surface area contributed by atoms with E-state index in [-0.39, 0.29) is 24.2 Å². The number of hydrogen-bond donors (Lipinski definition) is 1. The topological polar surface area (TPSA) is 68.5 Å². The van der Waals surface area contributed by atoms with Gasteiger partial charge in [-0.2, -0.15) is 5.10 Å². The number of nitrogens with zero attached hydrogens (tertiary/aromatic N) is 3. The average Bonchev–Trinajstić information content (AvgIpc) is 3.05. The van der Waals surface area contributed by atoms with Gasteiger partial charge in [0.2, 0.25) is 5.91 Å². The second-order valence-corrected chi connectivity index (χ2v) is 6.96. The molecule has 2 aromatic heterocycles. The summed E-state index contributed by atoms with van der Waals surface area (Å²) in [4.78, 5) is 16.0. The third kappa shape index (κ3) is 3.43. The van der Waals surface area contributed by atoms with Crippen molar-refractivity contribution in [1.82, 2.24) is 19.9 Å². The molecule has 1 amide bonds. The van der Waals surface area contributed by atoms with Crippen LogP contribution in [0.2, 0.25) is 5.02 Å². The maximum Gasteiger partial charge on any atom is 0.217 e. The molecule has 1 fully saturated rings. The molecule has 6 nitrogen and oxygen atoms in total. The summed E-state index contributed by atoms with van der Waals surface area (Å²) in [6.07, 6.45) is 6.45. The SMILES string of the molecule is CC(=O)N[C@H]1C[C@@H](c2ccc(Cl)cc2)O[C@@H](c2cnn3cccnc23)C1. The Morgan fingerprint density at radius 3 is 2.81 bits per heavy atom. The van der Waals surface area contributed by atoms with Gasteiger partial charge in [0.05, 0.1) is 18.4 Å². The lowest BCUT2D eigenvalue weighted by Crippen LogP contribution is -2.39. The van der Waals surface area contributed by atoms with E-state index < -0.39 is 0 Å². The molecule has 4 rings (SSSR count). The summed E-state index contributed by atoms with van der Waals surface area (Å²) in [6.45, 7) is 1.54. The molecule has 3 atom stereocenters. The Balaban J connectivity index is 1.67. The van der Waals surface area contributed by atoms with Crippen LogP contribution in [-0.2, 0) is 9.53 Å². The van der Waals surface area contributed by atoms with Crippen molar-refractivity contribution in [3.05, 3.63) is 65.1 Å². The summed E-state index contributed by atoms with van der Waals surface area (Å²) in [7, 11) is 0. The monoisotopic (exact) mass is 370 g/mol. The molecule has 0 radical (unpaired) electrons. The van der Waals surface area contributed by atoms with Crippen molar-refractivity contribution in [3.63, 3.8) is 0 Å². The standard InChI is InChI=1S/C19H19ClN4O2/c1-12(25)23-15-9-17(13-3-5-14(20)6-4-13)26-18(10-15)16-11-22-24-8-2-7-21-19(16)24/h2-8,11,15,17-18H,9-10H2,1H3,(H,23,25)/t15-,17-,18+/m0/s1. The van der Waals surface area contributed by atoms with Crippen LogP contribution in [0.25, 0.3) is 5.65 Å². The number of amides is 1. The molecule has 1 N–H and O–H groups in total. The highest BCUT2D eigenvalue weighted by molar-refractivity contribution is 6.30. The van der Waals surface area contributed by atoms with Gasteiger partial charge < -0.3 is 10.1 Å². The minimum Gasteiger partial charge on any atom is -0.365 e. The van der Waals surface area contributed by atoms with Crippen molar-refractivity contribution in [3.8, 4) is 0 Å². The highest BCUT2D eigenvalue weighted by atomic mass is 35.5. The summed E-state index contributed by atoms with van der Waals surface area (Å²) in [6, 6.07) is 9.50. The van der Waals surface area contributed by atoms with E-state index in [4.69, 9.17) is 16.3 Å². The van der Waals surface area contributed by atoms with Crippen LogP contribution in [0.4, 0.5) is 0 Å². The van der Waals surface area contributed by atoms with Crippen LogP contribution < -0.4 is 5.32 Å². The van der Waals surface area contributed by atoms with E-state index in [1.54, 1.807) is 23.8 Å². The van der Waals surface area contributed by atoms with Gasteiger partial charge in [0.1, 0.15) is 0 Å². The number of carbonyl (C=O) groups excluding carboxylic acids is 1. The van der Waals surface area contributed by atoms with E-state index >= 15 is 0 Å². The summed E-state index contributed by atoms with van der Waals surface area (Å²) in [5.74, 6) is -0.0384. The molecule has 7 heteroatoms. The van der Waals surface area contributed by atoms with Gasteiger partial charge in [0.15, 0.2) is 5.65 Å². The van der Waals surface area contributed by atoms with E-state index in [9.17, 15) is 4.79 Å². The molecule has 1 aliphatic rings. The lowest BCUT2D eigenvalue weighted by atomic mass is 9.92. The zero-order valence-electron chi connectivity index (χ0n) is 14.3. The van der Waals surface area contributed by atoms with Crippen LogP contribution in [0.15, 0.2) is 48.9 Å². The highest BCUT2D eigenvalue weighted by Gasteiger charge is 2.33. The molecule has 3 heterocycles. The number of aromatic nitrogens is 3. The van der Waals surface area contributed by atoms with Crippen LogP contribution in [0, 0.1) is 0 Å². The number of halogens is 1. The number of hydrogen-bond acceptors (Lipinski definition) is 4. The van der Waals surface area contributed by atoms with E-state index in [0.29, 0.717) is 17.9 Å². The van der Waals surface area contributed by atoms with Crippen LogP contribution in [0.3, 0.4) is 0 Å². The summed E-state index contributed by atoms with van der Waals surface area (Å²) in [5.41, 5.74) is 2.74. The quantitative estimate of drug-likeness (QED) is 0.766. The number of ether oxygens (including phenoxy) is 1. The van der Waals surface area contributed by atoms with Gasteiger partial charge in [0.25, 0.3) is 0 Å². The molecular weight excluding hydrogens is 352 g/mol. The fourth-order valence-corrected chi connectivity index (χ4v) is 3.62. The molecule has 0 bridgehead atoms. The Labute approximate surface area is 156 Å². The molecule has 1 aliphatic heterocycles. The molecule has 3 aromatic rings. The number of rotatable bonds is 3. The van der Waals surface area contributed by atoms with Crippen LogP contribution in [0.5, 0.6) is 0 Å². The van der Waals surface area contributed by atoms with E-state index in [0.717, 1.165) is 16.8 Å². The first-order chi connectivity index (χ1) is 12.6. The predicted molar refractivity (Wildman–Crippen MR) is 97.8 cm³/mol. The van der Waals surface area contributed by atoms with E-state index in [1.165, 1.54) is 0 Å². The molecule has 26 heavy (non-hydrogen) atoms. The number of benzene rings is 1. The predicted octanol–water partition coefficient (Wildman–Crippen LogP) is 3.48. The van der Waals surface area contributed by atoms with Crippen molar-refractivity contribution < 1.29 is 9.53 Å². The van der Waals surface area contributed by atoms with Crippen molar-refractivity contribution in [2.24, 2.45) is 0 Å². The number of fused-ring (bicyclic) bond motifs is 1. The van der Waals surface area contributed by atoms with Gasteiger partial charge in [-0.05, 0) is 36.6 Å². The Morgan fingerprint density at radius 2 is 2.04 bits per heavy atom. The van der Waals surface area contributed by atoms with Gasteiger partial charge in [-0.25, -0.2) is 9.50 Å². The first kappa shape index (κ1) is 17.0. The Kier molecular flexibility index (Phi) is 4.61. The summed E-state index contributed by atoms with van der Waals surface area (Å²) >= 11 is 6.01. The van der Waals surface area contributed by atoms with Crippen molar-refractivity contribution in [2.75, 3.05) is 0 Å². The van der Waals surface area contributed by atoms with E-state index in [1.807, 2.05) is 36.5 Å². The van der Waals surface area contributed by atoms with Crippen molar-refractivity contribution >= 4 is 23.2 Å². The van der Waals surface area contributed by atoms with Crippen molar-refractivity contribution in [1.29, 1.82) is 0 Å². The highest BCUT2D eigenvalue weighted by Crippen LogP contribution is 2.39. The second-order valence-electron chi connectivity index (χ2n) is 6.52. The van der Waals surface area contributed by atoms with Crippen molar-refractivity contribution in [2.45, 2.75) is 38.0 Å². The maximum atomic E-state index is 11.6. The third-order valence-corrected chi connectivity index (χ3v) is 4.88. The first-order valence-corrected chi connectivity index (χ1v) is 8.94. The Bertz CT molecular complexity index is 925. The molecule has 0 aliphatic carbocycles. The minimum atomic E-state index is -0.200. The number of nitrogens with one attached hydrogen (secondary N) is 1.